The Hall–Kier alpha value is -1.56. The van der Waals surface area contributed by atoms with Gasteiger partial charge in [0.2, 0.25) is 0 Å². The first-order valence-electron chi connectivity index (χ1n) is 6.97. The molecule has 1 aromatic heterocycles. The standard InChI is InChI=1S/C13H20N4O2/c14-13(19)16-7-5-9-12(11(16)8-18)10-4-2-1-3-6-17(10)15-9/h11,18H,1-8H2,(H2,14,19). The average Bonchev–Trinajstić information content (AvgIpc) is 2.60. The third-order valence-electron chi connectivity index (χ3n) is 4.21. The summed E-state index contributed by atoms with van der Waals surface area (Å²) in [5.74, 6) is 0. The van der Waals surface area contributed by atoms with E-state index in [9.17, 15) is 9.90 Å². The van der Waals surface area contributed by atoms with Crippen LogP contribution in [0.4, 0.5) is 4.79 Å². The first-order chi connectivity index (χ1) is 9.22. The van der Waals surface area contributed by atoms with Gasteiger partial charge in [-0.15, -0.1) is 0 Å². The Bertz CT molecular complexity index is 497. The van der Waals surface area contributed by atoms with Crippen LogP contribution in [0, 0.1) is 0 Å². The van der Waals surface area contributed by atoms with E-state index in [4.69, 9.17) is 5.73 Å². The predicted molar refractivity (Wildman–Crippen MR) is 69.6 cm³/mol. The number of urea groups is 1. The normalized spacial score (nSPS) is 22.6. The summed E-state index contributed by atoms with van der Waals surface area (Å²) in [6, 6.07) is -0.777. The van der Waals surface area contributed by atoms with Gasteiger partial charge >= 0.3 is 6.03 Å². The van der Waals surface area contributed by atoms with Crippen LogP contribution in [0.25, 0.3) is 0 Å². The molecular weight excluding hydrogens is 244 g/mol. The number of nitrogens with two attached hydrogens (primary N) is 1. The SMILES string of the molecule is NC(=O)N1CCc2nn3c(c2C1CO)CCCCC3. The second kappa shape index (κ2) is 4.85. The lowest BCUT2D eigenvalue weighted by Crippen LogP contribution is -2.44. The van der Waals surface area contributed by atoms with Crippen molar-refractivity contribution in [3.63, 3.8) is 0 Å². The van der Waals surface area contributed by atoms with E-state index in [2.05, 4.69) is 9.78 Å². The fourth-order valence-corrected chi connectivity index (χ4v) is 3.31. The molecular formula is C13H20N4O2. The molecule has 0 radical (unpaired) electrons. The number of rotatable bonds is 1. The summed E-state index contributed by atoms with van der Waals surface area (Å²) >= 11 is 0. The van der Waals surface area contributed by atoms with Crippen molar-refractivity contribution in [2.45, 2.75) is 44.7 Å². The van der Waals surface area contributed by atoms with Gasteiger partial charge in [-0.1, -0.05) is 6.42 Å². The number of aliphatic hydroxyl groups excluding tert-OH is 1. The lowest BCUT2D eigenvalue weighted by molar-refractivity contribution is 0.132. The Kier molecular flexibility index (Phi) is 3.18. The molecule has 0 fully saturated rings. The highest BCUT2D eigenvalue weighted by molar-refractivity contribution is 5.73. The lowest BCUT2D eigenvalue weighted by Gasteiger charge is -2.33. The molecule has 3 N–H and O–H groups in total. The van der Waals surface area contributed by atoms with Crippen LogP contribution >= 0.6 is 0 Å². The quantitative estimate of drug-likeness (QED) is 0.778. The van der Waals surface area contributed by atoms with Gasteiger partial charge in [0.15, 0.2) is 0 Å². The van der Waals surface area contributed by atoms with Crippen molar-refractivity contribution in [1.82, 2.24) is 14.7 Å². The molecule has 3 heterocycles. The molecule has 3 rings (SSSR count). The number of aromatic nitrogens is 2. The molecule has 2 aliphatic heterocycles. The maximum Gasteiger partial charge on any atom is 0.315 e. The molecule has 1 atom stereocenters. The molecule has 6 heteroatoms. The summed E-state index contributed by atoms with van der Waals surface area (Å²) in [5.41, 5.74) is 8.69. The Morgan fingerprint density at radius 1 is 1.32 bits per heavy atom. The smallest absolute Gasteiger partial charge is 0.315 e. The number of nitrogens with zero attached hydrogens (tertiary/aromatic N) is 3. The van der Waals surface area contributed by atoms with Crippen molar-refractivity contribution >= 4 is 6.03 Å². The molecule has 0 aromatic carbocycles. The van der Waals surface area contributed by atoms with E-state index >= 15 is 0 Å². The van der Waals surface area contributed by atoms with Crippen LogP contribution in [0.3, 0.4) is 0 Å². The van der Waals surface area contributed by atoms with Crippen LogP contribution < -0.4 is 5.73 Å². The molecule has 0 saturated heterocycles. The van der Waals surface area contributed by atoms with Crippen molar-refractivity contribution in [1.29, 1.82) is 0 Å². The summed E-state index contributed by atoms with van der Waals surface area (Å²) in [6.07, 6.45) is 5.21. The number of aryl methyl sites for hydroxylation is 1. The van der Waals surface area contributed by atoms with E-state index in [1.807, 2.05) is 0 Å². The highest BCUT2D eigenvalue weighted by Gasteiger charge is 2.34. The van der Waals surface area contributed by atoms with Gasteiger partial charge in [0, 0.05) is 30.8 Å². The van der Waals surface area contributed by atoms with Crippen LogP contribution in [0.5, 0.6) is 0 Å². The molecule has 1 aromatic rings. The summed E-state index contributed by atoms with van der Waals surface area (Å²) < 4.78 is 2.07. The van der Waals surface area contributed by atoms with Gasteiger partial charge in [0.25, 0.3) is 0 Å². The molecule has 19 heavy (non-hydrogen) atoms. The zero-order valence-electron chi connectivity index (χ0n) is 11.0. The summed E-state index contributed by atoms with van der Waals surface area (Å²) in [5, 5.41) is 14.3. The van der Waals surface area contributed by atoms with Crippen LogP contribution in [0.15, 0.2) is 0 Å². The van der Waals surface area contributed by atoms with Crippen LogP contribution in [-0.4, -0.2) is 39.0 Å². The monoisotopic (exact) mass is 264 g/mol. The van der Waals surface area contributed by atoms with Gasteiger partial charge in [-0.25, -0.2) is 4.79 Å². The first-order valence-corrected chi connectivity index (χ1v) is 6.97. The summed E-state index contributed by atoms with van der Waals surface area (Å²) in [7, 11) is 0. The highest BCUT2D eigenvalue weighted by Crippen LogP contribution is 2.33. The molecule has 0 bridgehead atoms. The molecule has 0 aliphatic carbocycles. The van der Waals surface area contributed by atoms with Crippen molar-refractivity contribution in [2.75, 3.05) is 13.2 Å². The van der Waals surface area contributed by atoms with Crippen molar-refractivity contribution in [3.8, 4) is 0 Å². The average molecular weight is 264 g/mol. The maximum atomic E-state index is 11.5. The molecule has 2 aliphatic rings. The highest BCUT2D eigenvalue weighted by atomic mass is 16.3. The number of carbonyl (C=O) groups is 1. The van der Waals surface area contributed by atoms with E-state index in [-0.39, 0.29) is 12.6 Å². The first kappa shape index (κ1) is 12.5. The lowest BCUT2D eigenvalue weighted by atomic mass is 9.95. The number of hydrogen-bond donors (Lipinski definition) is 2. The topological polar surface area (TPSA) is 84.4 Å². The predicted octanol–water partition coefficient (Wildman–Crippen LogP) is 0.580. The van der Waals surface area contributed by atoms with E-state index in [0.717, 1.165) is 43.5 Å². The van der Waals surface area contributed by atoms with E-state index in [0.29, 0.717) is 6.54 Å². The molecule has 104 valence electrons. The molecule has 1 unspecified atom stereocenters. The number of aliphatic hydroxyl groups is 1. The van der Waals surface area contributed by atoms with E-state index in [1.165, 1.54) is 12.1 Å². The number of hydrogen-bond acceptors (Lipinski definition) is 3. The Labute approximate surface area is 112 Å². The fraction of sp³-hybridized carbons (Fsp3) is 0.692. The fourth-order valence-electron chi connectivity index (χ4n) is 3.31. The minimum atomic E-state index is -0.460. The third-order valence-corrected chi connectivity index (χ3v) is 4.21. The van der Waals surface area contributed by atoms with Crippen LogP contribution in [0.2, 0.25) is 0 Å². The van der Waals surface area contributed by atoms with Gasteiger partial charge in [-0.2, -0.15) is 5.10 Å². The van der Waals surface area contributed by atoms with Crippen molar-refractivity contribution < 1.29 is 9.90 Å². The molecule has 0 spiro atoms. The van der Waals surface area contributed by atoms with Crippen LogP contribution in [0.1, 0.15) is 42.3 Å². The van der Waals surface area contributed by atoms with Crippen molar-refractivity contribution in [3.05, 3.63) is 17.0 Å². The molecule has 2 amide bonds. The van der Waals surface area contributed by atoms with Crippen LogP contribution in [-0.2, 0) is 19.4 Å². The number of primary amides is 1. The largest absolute Gasteiger partial charge is 0.394 e. The molecule has 6 nitrogen and oxygen atoms in total. The molecule has 0 saturated carbocycles. The summed E-state index contributed by atoms with van der Waals surface area (Å²) in [4.78, 5) is 13.1. The minimum absolute atomic E-state index is 0.0887. The van der Waals surface area contributed by atoms with Gasteiger partial charge in [-0.3, -0.25) is 4.68 Å². The number of fused-ring (bicyclic) bond motifs is 3. The van der Waals surface area contributed by atoms with Gasteiger partial charge < -0.3 is 15.7 Å². The maximum absolute atomic E-state index is 11.5. The Morgan fingerprint density at radius 3 is 2.89 bits per heavy atom. The zero-order valence-corrected chi connectivity index (χ0v) is 11.0. The van der Waals surface area contributed by atoms with E-state index < -0.39 is 6.03 Å². The Balaban J connectivity index is 2.04. The van der Waals surface area contributed by atoms with Gasteiger partial charge in [0.1, 0.15) is 0 Å². The Morgan fingerprint density at radius 2 is 2.16 bits per heavy atom. The second-order valence-corrected chi connectivity index (χ2v) is 5.32. The van der Waals surface area contributed by atoms with Crippen molar-refractivity contribution in [2.24, 2.45) is 5.73 Å². The number of carbonyl (C=O) groups excluding carboxylic acids is 1. The van der Waals surface area contributed by atoms with Gasteiger partial charge in [0.05, 0.1) is 18.3 Å². The zero-order chi connectivity index (χ0) is 13.4. The minimum Gasteiger partial charge on any atom is -0.394 e. The number of amides is 2. The van der Waals surface area contributed by atoms with E-state index in [1.54, 1.807) is 4.90 Å². The van der Waals surface area contributed by atoms with Gasteiger partial charge in [-0.05, 0) is 19.3 Å². The second-order valence-electron chi connectivity index (χ2n) is 5.32. The third kappa shape index (κ3) is 2.00. The summed E-state index contributed by atoms with van der Waals surface area (Å²) in [6.45, 7) is 1.40.